The number of hydroxylamine groups is 1. The van der Waals surface area contributed by atoms with Gasteiger partial charge in [-0.15, -0.1) is 0 Å². The van der Waals surface area contributed by atoms with Crippen molar-refractivity contribution in [1.82, 2.24) is 4.72 Å². The average molecular weight is 418 g/mol. The Kier molecular flexibility index (Phi) is 6.54. The molecule has 2 rings (SSSR count). The number of rotatable bonds is 8. The highest BCUT2D eigenvalue weighted by Crippen LogP contribution is 2.26. The molecule has 0 amide bonds. The van der Waals surface area contributed by atoms with E-state index in [1.165, 1.54) is 31.4 Å². The molecule has 0 atom stereocenters. The Labute approximate surface area is 161 Å². The Morgan fingerprint density at radius 2 is 1.79 bits per heavy atom. The molecule has 0 radical (unpaired) electrons. The van der Waals surface area contributed by atoms with Gasteiger partial charge in [-0.25, -0.2) is 13.1 Å². The molecule has 13 heteroatoms. The molecular weight excluding hydrogens is 396 g/mol. The predicted molar refractivity (Wildman–Crippen MR) is 94.8 cm³/mol. The quantitative estimate of drug-likeness (QED) is 0.161. The fraction of sp³-hybridized carbons (Fsp3) is 0.600. The summed E-state index contributed by atoms with van der Waals surface area (Å²) in [5, 5.41) is 27.1. The second-order valence-corrected chi connectivity index (χ2v) is 8.19. The molecule has 1 aliphatic rings. The van der Waals surface area contributed by atoms with Crippen LogP contribution in [0.4, 0.5) is 0 Å². The van der Waals surface area contributed by atoms with Crippen LogP contribution in [0.1, 0.15) is 13.8 Å². The SMILES string of the molecule is COc1ccc(S(=O)(=O)NCCN=[N+]([O-])C2([N+](=O)[O-])COC(C)(C)OC2)cc1. The van der Waals surface area contributed by atoms with E-state index >= 15 is 0 Å². The van der Waals surface area contributed by atoms with Gasteiger partial charge in [0.25, 0.3) is 0 Å². The summed E-state index contributed by atoms with van der Waals surface area (Å²) in [5.74, 6) is -0.546. The normalized spacial score (nSPS) is 19.2. The lowest BCUT2D eigenvalue weighted by atomic mass is 10.2. The number of methoxy groups -OCH3 is 1. The van der Waals surface area contributed by atoms with Gasteiger partial charge in [-0.2, -0.15) is 0 Å². The van der Waals surface area contributed by atoms with E-state index < -0.39 is 39.6 Å². The van der Waals surface area contributed by atoms with Crippen LogP contribution in [0.3, 0.4) is 0 Å². The summed E-state index contributed by atoms with van der Waals surface area (Å²) < 4.78 is 42.0. The van der Waals surface area contributed by atoms with Gasteiger partial charge in [0.2, 0.25) is 10.0 Å². The maximum atomic E-state index is 12.2. The first-order valence-electron chi connectivity index (χ1n) is 8.23. The minimum absolute atomic E-state index is 0.00496. The van der Waals surface area contributed by atoms with Gasteiger partial charge < -0.3 is 19.4 Å². The molecule has 0 saturated carbocycles. The smallest absolute Gasteiger partial charge is 0.483 e. The van der Waals surface area contributed by atoms with Crippen molar-refractivity contribution in [3.8, 4) is 5.75 Å². The molecule has 0 aromatic heterocycles. The molecule has 0 spiro atoms. The molecule has 1 aliphatic heterocycles. The van der Waals surface area contributed by atoms with Crippen molar-refractivity contribution >= 4 is 10.0 Å². The van der Waals surface area contributed by atoms with E-state index in [9.17, 15) is 23.7 Å². The fourth-order valence-corrected chi connectivity index (χ4v) is 3.26. The molecule has 1 heterocycles. The van der Waals surface area contributed by atoms with Crippen molar-refractivity contribution in [2.45, 2.75) is 30.2 Å². The number of nitrogens with one attached hydrogen (secondary N) is 1. The molecule has 1 N–H and O–H groups in total. The second kappa shape index (κ2) is 8.34. The minimum Gasteiger partial charge on any atom is -0.594 e. The molecule has 28 heavy (non-hydrogen) atoms. The van der Waals surface area contributed by atoms with E-state index in [1.807, 2.05) is 0 Å². The lowest BCUT2D eigenvalue weighted by Gasteiger charge is -2.34. The number of nitro groups is 1. The van der Waals surface area contributed by atoms with Gasteiger partial charge in [0, 0.05) is 6.54 Å². The van der Waals surface area contributed by atoms with Crippen molar-refractivity contribution in [2.75, 3.05) is 33.4 Å². The highest BCUT2D eigenvalue weighted by atomic mass is 32.2. The molecule has 0 unspecified atom stereocenters. The van der Waals surface area contributed by atoms with E-state index in [4.69, 9.17) is 14.2 Å². The Balaban J connectivity index is 1.99. The van der Waals surface area contributed by atoms with Gasteiger partial charge in [-0.05, 0) is 48.1 Å². The first-order chi connectivity index (χ1) is 13.0. The molecule has 0 aliphatic carbocycles. The fourth-order valence-electron chi connectivity index (χ4n) is 2.24. The van der Waals surface area contributed by atoms with Crippen LogP contribution in [0.25, 0.3) is 0 Å². The Morgan fingerprint density at radius 1 is 1.21 bits per heavy atom. The zero-order valence-corrected chi connectivity index (χ0v) is 16.5. The number of benzene rings is 1. The van der Waals surface area contributed by atoms with Crippen LogP contribution in [0.2, 0.25) is 0 Å². The van der Waals surface area contributed by atoms with Crippen molar-refractivity contribution in [1.29, 1.82) is 0 Å². The molecule has 1 fully saturated rings. The number of nitrogens with zero attached hydrogens (tertiary/aromatic N) is 3. The first kappa shape index (κ1) is 21.9. The van der Waals surface area contributed by atoms with Crippen molar-refractivity contribution in [2.24, 2.45) is 5.11 Å². The molecule has 12 nitrogen and oxygen atoms in total. The minimum atomic E-state index is -3.82. The molecule has 1 aromatic rings. The molecule has 156 valence electrons. The number of hydrogen-bond acceptors (Lipinski definition) is 9. The van der Waals surface area contributed by atoms with Crippen LogP contribution in [0.15, 0.2) is 34.3 Å². The maximum absolute atomic E-state index is 12.2. The van der Waals surface area contributed by atoms with Crippen LogP contribution < -0.4 is 9.46 Å². The van der Waals surface area contributed by atoms with Gasteiger partial charge >= 0.3 is 5.66 Å². The van der Waals surface area contributed by atoms with Crippen LogP contribution in [-0.2, 0) is 19.5 Å². The topological polar surface area (TPSA) is 155 Å². The monoisotopic (exact) mass is 418 g/mol. The van der Waals surface area contributed by atoms with Gasteiger partial charge in [-0.3, -0.25) is 10.1 Å². The highest BCUT2D eigenvalue weighted by Gasteiger charge is 2.59. The predicted octanol–water partition coefficient (Wildman–Crippen LogP) is 0.692. The van der Waals surface area contributed by atoms with E-state index in [-0.39, 0.29) is 22.8 Å². The van der Waals surface area contributed by atoms with E-state index in [2.05, 4.69) is 9.84 Å². The summed E-state index contributed by atoms with van der Waals surface area (Å²) >= 11 is 0. The zero-order valence-electron chi connectivity index (χ0n) is 15.7. The summed E-state index contributed by atoms with van der Waals surface area (Å²) in [4.78, 5) is 10.5. The summed E-state index contributed by atoms with van der Waals surface area (Å²) in [6, 6.07) is 5.70. The van der Waals surface area contributed by atoms with E-state index in [1.54, 1.807) is 13.8 Å². The summed E-state index contributed by atoms with van der Waals surface area (Å²) in [6.45, 7) is 1.56. The van der Waals surface area contributed by atoms with Gasteiger partial charge in [0.05, 0.1) is 12.0 Å². The van der Waals surface area contributed by atoms with Crippen molar-refractivity contribution in [3.05, 3.63) is 39.6 Å². The average Bonchev–Trinajstić information content (AvgIpc) is 2.65. The third kappa shape index (κ3) is 4.92. The van der Waals surface area contributed by atoms with E-state index in [0.717, 1.165) is 0 Å². The Hall–Kier alpha value is -2.35. The largest absolute Gasteiger partial charge is 0.594 e. The van der Waals surface area contributed by atoms with Crippen LogP contribution >= 0.6 is 0 Å². The lowest BCUT2D eigenvalue weighted by Crippen LogP contribution is -2.60. The summed E-state index contributed by atoms with van der Waals surface area (Å²) in [6.07, 6.45) is 0. The number of ether oxygens (including phenoxy) is 3. The first-order valence-corrected chi connectivity index (χ1v) is 9.72. The molecule has 0 bridgehead atoms. The van der Waals surface area contributed by atoms with Crippen LogP contribution in [0.5, 0.6) is 5.75 Å². The molecule has 1 aromatic carbocycles. The van der Waals surface area contributed by atoms with E-state index in [0.29, 0.717) is 5.75 Å². The standard InChI is InChI=1S/C15H22N4O8S/c1-14(2)26-10-15(11-27-14,19(21)22)18(20)16-8-9-17-28(23,24)13-6-4-12(25-3)5-7-13/h4-7,17H,8-11H2,1-3H3. The highest BCUT2D eigenvalue weighted by molar-refractivity contribution is 7.89. The number of sulfonamides is 1. The lowest BCUT2D eigenvalue weighted by molar-refractivity contribution is -0.827. The number of azo groups is 1. The third-order valence-electron chi connectivity index (χ3n) is 4.00. The van der Waals surface area contributed by atoms with Gasteiger partial charge in [0.15, 0.2) is 19.0 Å². The Bertz CT molecular complexity index is 828. The maximum Gasteiger partial charge on any atom is 0.483 e. The van der Waals surface area contributed by atoms with Crippen molar-refractivity contribution < 1.29 is 32.4 Å². The molecule has 1 saturated heterocycles. The van der Waals surface area contributed by atoms with Gasteiger partial charge in [0.1, 0.15) is 17.2 Å². The van der Waals surface area contributed by atoms with Crippen molar-refractivity contribution in [3.63, 3.8) is 0 Å². The third-order valence-corrected chi connectivity index (χ3v) is 5.48. The summed E-state index contributed by atoms with van der Waals surface area (Å²) in [7, 11) is -2.37. The summed E-state index contributed by atoms with van der Waals surface area (Å²) in [5.41, 5.74) is -2.22. The van der Waals surface area contributed by atoms with Crippen LogP contribution in [0, 0.1) is 15.3 Å². The zero-order chi connectivity index (χ0) is 21.0. The van der Waals surface area contributed by atoms with Crippen LogP contribution in [-0.4, -0.2) is 63.1 Å². The number of hydrogen-bond donors (Lipinski definition) is 1. The second-order valence-electron chi connectivity index (χ2n) is 6.43. The van der Waals surface area contributed by atoms with Gasteiger partial charge in [-0.1, -0.05) is 0 Å². The Morgan fingerprint density at radius 3 is 2.29 bits per heavy atom. The molecular formula is C15H22N4O8S.